The van der Waals surface area contributed by atoms with Crippen LogP contribution in [0.3, 0.4) is 0 Å². The molecule has 0 bridgehead atoms. The standard InChI is InChI=1S/C25H34ClN3O4S/c1-17(2)22-12-7-8-13-23(22)29(34(6,32)33)16-24(30)28(19(5)25(31)27-18(3)4)15-20-10-9-11-21(26)14-20/h7-14,17-19H,15-16H2,1-6H3,(H,27,31)/t19-/m1/s1. The topological polar surface area (TPSA) is 86.8 Å². The van der Waals surface area contributed by atoms with Gasteiger partial charge in [0.1, 0.15) is 12.6 Å². The molecule has 0 radical (unpaired) electrons. The lowest BCUT2D eigenvalue weighted by atomic mass is 10.0. The van der Waals surface area contributed by atoms with E-state index in [1.54, 1.807) is 37.3 Å². The summed E-state index contributed by atoms with van der Waals surface area (Å²) < 4.78 is 26.7. The van der Waals surface area contributed by atoms with E-state index in [0.717, 1.165) is 21.7 Å². The molecule has 0 aromatic heterocycles. The quantitative estimate of drug-likeness (QED) is 0.523. The van der Waals surface area contributed by atoms with Crippen LogP contribution in [0.5, 0.6) is 0 Å². The number of halogens is 1. The van der Waals surface area contributed by atoms with E-state index in [-0.39, 0.29) is 24.4 Å². The van der Waals surface area contributed by atoms with Crippen LogP contribution in [-0.2, 0) is 26.2 Å². The molecule has 0 unspecified atom stereocenters. The summed E-state index contributed by atoms with van der Waals surface area (Å²) in [4.78, 5) is 27.8. The van der Waals surface area contributed by atoms with Crippen molar-refractivity contribution in [1.29, 1.82) is 0 Å². The number of carbonyl (C=O) groups is 2. The Morgan fingerprint density at radius 2 is 1.65 bits per heavy atom. The number of rotatable bonds is 10. The van der Waals surface area contributed by atoms with E-state index in [0.29, 0.717) is 10.7 Å². The van der Waals surface area contributed by atoms with Crippen molar-refractivity contribution in [2.75, 3.05) is 17.1 Å². The molecule has 0 saturated heterocycles. The Kier molecular flexibility index (Phi) is 9.53. The second kappa shape index (κ2) is 11.7. The maximum Gasteiger partial charge on any atom is 0.244 e. The van der Waals surface area contributed by atoms with Gasteiger partial charge in [-0.3, -0.25) is 13.9 Å². The molecule has 2 rings (SSSR count). The van der Waals surface area contributed by atoms with E-state index in [1.807, 2.05) is 45.9 Å². The van der Waals surface area contributed by atoms with Gasteiger partial charge in [0.2, 0.25) is 21.8 Å². The molecule has 0 saturated carbocycles. The first-order valence-electron chi connectivity index (χ1n) is 11.2. The molecular weight excluding hydrogens is 474 g/mol. The molecule has 34 heavy (non-hydrogen) atoms. The number of benzene rings is 2. The van der Waals surface area contributed by atoms with Gasteiger partial charge in [-0.25, -0.2) is 8.42 Å². The first-order chi connectivity index (χ1) is 15.8. The number of hydrogen-bond acceptors (Lipinski definition) is 4. The van der Waals surface area contributed by atoms with Crippen molar-refractivity contribution in [3.05, 3.63) is 64.7 Å². The molecule has 0 aliphatic rings. The van der Waals surface area contributed by atoms with Crippen LogP contribution in [0.1, 0.15) is 51.7 Å². The SMILES string of the molecule is CC(C)NC(=O)[C@@H](C)N(Cc1cccc(Cl)c1)C(=O)CN(c1ccccc1C(C)C)S(C)(=O)=O. The molecule has 1 N–H and O–H groups in total. The van der Waals surface area contributed by atoms with Crippen molar-refractivity contribution >= 4 is 39.1 Å². The van der Waals surface area contributed by atoms with E-state index < -0.39 is 28.5 Å². The van der Waals surface area contributed by atoms with Crippen LogP contribution in [0.4, 0.5) is 5.69 Å². The predicted octanol–water partition coefficient (Wildman–Crippen LogP) is 4.17. The van der Waals surface area contributed by atoms with E-state index in [4.69, 9.17) is 11.6 Å². The fourth-order valence-corrected chi connectivity index (χ4v) is 4.70. The molecular formula is C25H34ClN3O4S. The second-order valence-corrected chi connectivity index (χ2v) is 11.3. The van der Waals surface area contributed by atoms with Crippen molar-refractivity contribution in [2.24, 2.45) is 0 Å². The molecule has 2 aromatic rings. The zero-order valence-electron chi connectivity index (χ0n) is 20.6. The first kappa shape index (κ1) is 27.7. The molecule has 1 atom stereocenters. The fourth-order valence-electron chi connectivity index (χ4n) is 3.62. The lowest BCUT2D eigenvalue weighted by Gasteiger charge is -2.32. The summed E-state index contributed by atoms with van der Waals surface area (Å²) in [6, 6.07) is 13.2. The largest absolute Gasteiger partial charge is 0.352 e. The van der Waals surface area contributed by atoms with Gasteiger partial charge in [-0.05, 0) is 56.0 Å². The highest BCUT2D eigenvalue weighted by Gasteiger charge is 2.31. The number of nitrogens with zero attached hydrogens (tertiary/aromatic N) is 2. The highest BCUT2D eigenvalue weighted by Crippen LogP contribution is 2.29. The van der Waals surface area contributed by atoms with Crippen molar-refractivity contribution in [2.45, 2.75) is 59.2 Å². The normalized spacial score (nSPS) is 12.5. The molecule has 0 spiro atoms. The van der Waals surface area contributed by atoms with Crippen molar-refractivity contribution in [1.82, 2.24) is 10.2 Å². The first-order valence-corrected chi connectivity index (χ1v) is 13.4. The smallest absolute Gasteiger partial charge is 0.244 e. The van der Waals surface area contributed by atoms with Crippen LogP contribution in [0.2, 0.25) is 5.02 Å². The molecule has 0 aliphatic carbocycles. The minimum Gasteiger partial charge on any atom is -0.352 e. The number of para-hydroxylation sites is 1. The molecule has 7 nitrogen and oxygen atoms in total. The third kappa shape index (κ3) is 7.46. The summed E-state index contributed by atoms with van der Waals surface area (Å²) in [7, 11) is -3.78. The molecule has 0 heterocycles. The van der Waals surface area contributed by atoms with Crippen LogP contribution < -0.4 is 9.62 Å². The van der Waals surface area contributed by atoms with E-state index in [2.05, 4.69) is 5.32 Å². The summed E-state index contributed by atoms with van der Waals surface area (Å²) in [5.41, 5.74) is 2.00. The molecule has 186 valence electrons. The Morgan fingerprint density at radius 3 is 2.21 bits per heavy atom. The highest BCUT2D eigenvalue weighted by atomic mass is 35.5. The van der Waals surface area contributed by atoms with Crippen molar-refractivity contribution < 1.29 is 18.0 Å². The maximum atomic E-state index is 13.6. The number of sulfonamides is 1. The van der Waals surface area contributed by atoms with Gasteiger partial charge in [-0.1, -0.05) is 55.8 Å². The lowest BCUT2D eigenvalue weighted by Crippen LogP contribution is -2.52. The molecule has 9 heteroatoms. The summed E-state index contributed by atoms with van der Waals surface area (Å²) in [5, 5.41) is 3.33. The minimum absolute atomic E-state index is 0.0499. The van der Waals surface area contributed by atoms with Gasteiger partial charge in [0.25, 0.3) is 0 Å². The van der Waals surface area contributed by atoms with Crippen LogP contribution in [0.25, 0.3) is 0 Å². The van der Waals surface area contributed by atoms with Crippen LogP contribution in [0, 0.1) is 0 Å². The zero-order chi connectivity index (χ0) is 25.6. The molecule has 2 amide bonds. The van der Waals surface area contributed by atoms with Crippen molar-refractivity contribution in [3.8, 4) is 0 Å². The van der Waals surface area contributed by atoms with Gasteiger partial charge in [0.05, 0.1) is 11.9 Å². The fraction of sp³-hybridized carbons (Fsp3) is 0.440. The average molecular weight is 508 g/mol. The van der Waals surface area contributed by atoms with Gasteiger partial charge in [0.15, 0.2) is 0 Å². The zero-order valence-corrected chi connectivity index (χ0v) is 22.2. The number of amides is 2. The second-order valence-electron chi connectivity index (χ2n) is 8.97. The third-order valence-electron chi connectivity index (χ3n) is 5.35. The number of nitrogens with one attached hydrogen (secondary N) is 1. The molecule has 0 fully saturated rings. The number of hydrogen-bond donors (Lipinski definition) is 1. The van der Waals surface area contributed by atoms with Gasteiger partial charge >= 0.3 is 0 Å². The average Bonchev–Trinajstić information content (AvgIpc) is 2.74. The van der Waals surface area contributed by atoms with Gasteiger partial charge in [-0.15, -0.1) is 0 Å². The van der Waals surface area contributed by atoms with Gasteiger partial charge in [-0.2, -0.15) is 0 Å². The van der Waals surface area contributed by atoms with Gasteiger partial charge in [0, 0.05) is 17.6 Å². The van der Waals surface area contributed by atoms with E-state index in [9.17, 15) is 18.0 Å². The molecule has 0 aliphatic heterocycles. The van der Waals surface area contributed by atoms with E-state index in [1.165, 1.54) is 4.90 Å². The Bertz CT molecular complexity index is 1120. The van der Waals surface area contributed by atoms with Crippen LogP contribution in [-0.4, -0.2) is 50.0 Å². The number of anilines is 1. The predicted molar refractivity (Wildman–Crippen MR) is 137 cm³/mol. The Labute approximate surface area is 208 Å². The Balaban J connectivity index is 2.46. The van der Waals surface area contributed by atoms with Gasteiger partial charge < -0.3 is 10.2 Å². The van der Waals surface area contributed by atoms with E-state index >= 15 is 0 Å². The van der Waals surface area contributed by atoms with Crippen LogP contribution >= 0.6 is 11.6 Å². The summed E-state index contributed by atoms with van der Waals surface area (Å²) in [6.45, 7) is 8.91. The molecule has 2 aromatic carbocycles. The maximum absolute atomic E-state index is 13.6. The summed E-state index contributed by atoms with van der Waals surface area (Å²) in [5.74, 6) is -0.761. The Morgan fingerprint density at radius 1 is 1.00 bits per heavy atom. The highest BCUT2D eigenvalue weighted by molar-refractivity contribution is 7.92. The minimum atomic E-state index is -3.78. The lowest BCUT2D eigenvalue weighted by molar-refractivity contribution is -0.139. The summed E-state index contributed by atoms with van der Waals surface area (Å²) in [6.07, 6.45) is 1.08. The summed E-state index contributed by atoms with van der Waals surface area (Å²) >= 11 is 6.12. The van der Waals surface area contributed by atoms with Crippen LogP contribution in [0.15, 0.2) is 48.5 Å². The third-order valence-corrected chi connectivity index (χ3v) is 6.71. The number of carbonyl (C=O) groups excluding carboxylic acids is 2. The Hall–Kier alpha value is -2.58. The van der Waals surface area contributed by atoms with Crippen molar-refractivity contribution in [3.63, 3.8) is 0 Å². The monoisotopic (exact) mass is 507 g/mol.